The zero-order chi connectivity index (χ0) is 14.7. The smallest absolute Gasteiger partial charge is 0.283 e. The summed E-state index contributed by atoms with van der Waals surface area (Å²) in [4.78, 5) is 16.3. The highest BCUT2D eigenvalue weighted by Crippen LogP contribution is 2.19. The average Bonchev–Trinajstić information content (AvgIpc) is 2.75. The van der Waals surface area contributed by atoms with E-state index in [1.807, 2.05) is 0 Å². The largest absolute Gasteiger partial charge is 0.375 e. The molecule has 0 bridgehead atoms. The van der Waals surface area contributed by atoms with Gasteiger partial charge in [-0.15, -0.1) is 0 Å². The Morgan fingerprint density at radius 1 is 1.40 bits per heavy atom. The summed E-state index contributed by atoms with van der Waals surface area (Å²) in [6.45, 7) is 3.43. The van der Waals surface area contributed by atoms with Crippen LogP contribution in [0.2, 0.25) is 0 Å². The van der Waals surface area contributed by atoms with Crippen molar-refractivity contribution in [2.75, 3.05) is 5.73 Å². The fourth-order valence-corrected chi connectivity index (χ4v) is 2.29. The molecule has 0 spiro atoms. The lowest BCUT2D eigenvalue weighted by Gasteiger charge is -2.02. The van der Waals surface area contributed by atoms with E-state index in [0.717, 1.165) is 16.9 Å². The summed E-state index contributed by atoms with van der Waals surface area (Å²) in [6, 6.07) is 5.86. The number of aromatic nitrogens is 1. The molecule has 0 radical (unpaired) electrons. The van der Waals surface area contributed by atoms with E-state index in [0.29, 0.717) is 21.4 Å². The van der Waals surface area contributed by atoms with Crippen LogP contribution in [0.5, 0.6) is 0 Å². The zero-order valence-corrected chi connectivity index (χ0v) is 11.8. The molecule has 1 aromatic heterocycles. The molecule has 104 valence electrons. The van der Waals surface area contributed by atoms with E-state index >= 15 is 0 Å². The first-order valence-corrected chi connectivity index (χ1v) is 6.62. The van der Waals surface area contributed by atoms with Crippen molar-refractivity contribution in [3.63, 3.8) is 0 Å². The number of thiazole rings is 1. The third-order valence-electron chi connectivity index (χ3n) is 2.61. The Labute approximate surface area is 119 Å². The van der Waals surface area contributed by atoms with Crippen molar-refractivity contribution in [3.05, 3.63) is 46.2 Å². The maximum atomic E-state index is 12.8. The highest BCUT2D eigenvalue weighted by Gasteiger charge is 2.13. The highest BCUT2D eigenvalue weighted by atomic mass is 32.1. The highest BCUT2D eigenvalue weighted by molar-refractivity contribution is 7.17. The van der Waals surface area contributed by atoms with Gasteiger partial charge in [-0.3, -0.25) is 4.79 Å². The van der Waals surface area contributed by atoms with Gasteiger partial charge in [-0.05, 0) is 31.5 Å². The van der Waals surface area contributed by atoms with Gasteiger partial charge in [0.15, 0.2) is 5.13 Å². The summed E-state index contributed by atoms with van der Waals surface area (Å²) in [7, 11) is 0. The third-order valence-corrected chi connectivity index (χ3v) is 3.59. The Hall–Kier alpha value is -2.28. The van der Waals surface area contributed by atoms with Crippen molar-refractivity contribution in [1.82, 2.24) is 10.4 Å². The molecule has 0 atom stereocenters. The molecule has 0 aliphatic heterocycles. The van der Waals surface area contributed by atoms with E-state index in [9.17, 15) is 9.18 Å². The maximum absolute atomic E-state index is 12.8. The Kier molecular flexibility index (Phi) is 4.09. The molecular weight excluding hydrogens is 279 g/mol. The summed E-state index contributed by atoms with van der Waals surface area (Å²) in [5.74, 6) is -0.681. The molecule has 7 heteroatoms. The van der Waals surface area contributed by atoms with Crippen molar-refractivity contribution in [2.24, 2.45) is 5.10 Å². The van der Waals surface area contributed by atoms with E-state index in [2.05, 4.69) is 15.5 Å². The second-order valence-corrected chi connectivity index (χ2v) is 5.14. The number of hydrazone groups is 1. The predicted octanol–water partition coefficient (Wildman–Crippen LogP) is 2.33. The van der Waals surface area contributed by atoms with Gasteiger partial charge < -0.3 is 5.73 Å². The molecule has 0 saturated heterocycles. The molecule has 0 saturated carbocycles. The number of nitrogen functional groups attached to an aromatic ring is 1. The number of nitrogens with two attached hydrogens (primary N) is 1. The lowest BCUT2D eigenvalue weighted by atomic mass is 10.1. The third kappa shape index (κ3) is 3.18. The lowest BCUT2D eigenvalue weighted by molar-refractivity contribution is 0.0958. The molecule has 1 aromatic carbocycles. The van der Waals surface area contributed by atoms with Gasteiger partial charge >= 0.3 is 0 Å². The van der Waals surface area contributed by atoms with E-state index in [-0.39, 0.29) is 11.7 Å². The van der Waals surface area contributed by atoms with Crippen LogP contribution in [0, 0.1) is 12.7 Å². The van der Waals surface area contributed by atoms with Crippen LogP contribution in [0.15, 0.2) is 29.4 Å². The summed E-state index contributed by atoms with van der Waals surface area (Å²) in [5.41, 5.74) is 9.85. The second-order valence-electron chi connectivity index (χ2n) is 4.11. The molecule has 3 N–H and O–H groups in total. The van der Waals surface area contributed by atoms with E-state index < -0.39 is 0 Å². The number of nitrogens with zero attached hydrogens (tertiary/aromatic N) is 2. The summed E-state index contributed by atoms with van der Waals surface area (Å²) >= 11 is 1.11. The van der Waals surface area contributed by atoms with Crippen LogP contribution in [0.25, 0.3) is 0 Å². The van der Waals surface area contributed by atoms with Crippen molar-refractivity contribution in [3.8, 4) is 0 Å². The molecule has 2 aromatic rings. The normalized spacial score (nSPS) is 11.4. The van der Waals surface area contributed by atoms with E-state index in [4.69, 9.17) is 5.73 Å². The standard InChI is InChI=1S/C13H13FN4OS/c1-7(9-3-5-10(14)6-4-9)17-18-12(19)11-8(2)16-13(15)20-11/h3-6H,1-2H3,(H2,15,16)(H,18,19)/b17-7-. The number of rotatable bonds is 3. The van der Waals surface area contributed by atoms with Gasteiger partial charge in [-0.2, -0.15) is 5.10 Å². The van der Waals surface area contributed by atoms with Gasteiger partial charge in [0.1, 0.15) is 10.7 Å². The second kappa shape index (κ2) is 5.79. The molecule has 1 heterocycles. The number of hydrogen-bond donors (Lipinski definition) is 2. The van der Waals surface area contributed by atoms with Gasteiger partial charge in [0.05, 0.1) is 11.4 Å². The molecule has 0 aliphatic rings. The van der Waals surface area contributed by atoms with E-state index in [1.165, 1.54) is 12.1 Å². The first-order valence-electron chi connectivity index (χ1n) is 5.81. The first kappa shape index (κ1) is 14.1. The van der Waals surface area contributed by atoms with Crippen LogP contribution in [-0.4, -0.2) is 16.6 Å². The number of amides is 1. The number of benzene rings is 1. The van der Waals surface area contributed by atoms with E-state index in [1.54, 1.807) is 26.0 Å². The van der Waals surface area contributed by atoms with Gasteiger partial charge in [0.25, 0.3) is 5.91 Å². The number of carbonyl (C=O) groups is 1. The van der Waals surface area contributed by atoms with Crippen LogP contribution >= 0.6 is 11.3 Å². The number of anilines is 1. The van der Waals surface area contributed by atoms with Crippen molar-refractivity contribution < 1.29 is 9.18 Å². The fourth-order valence-electron chi connectivity index (χ4n) is 1.57. The van der Waals surface area contributed by atoms with Crippen LogP contribution in [0.3, 0.4) is 0 Å². The van der Waals surface area contributed by atoms with Crippen LogP contribution in [-0.2, 0) is 0 Å². The molecule has 0 unspecified atom stereocenters. The number of halogens is 1. The number of aryl methyl sites for hydroxylation is 1. The minimum Gasteiger partial charge on any atom is -0.375 e. The van der Waals surface area contributed by atoms with Crippen LogP contribution in [0.4, 0.5) is 9.52 Å². The summed E-state index contributed by atoms with van der Waals surface area (Å²) in [5, 5.41) is 4.32. The molecular formula is C13H13FN4OS. The monoisotopic (exact) mass is 292 g/mol. The fraction of sp³-hybridized carbons (Fsp3) is 0.154. The van der Waals surface area contributed by atoms with Crippen LogP contribution < -0.4 is 11.2 Å². The Bertz CT molecular complexity index is 664. The minimum absolute atomic E-state index is 0.318. The van der Waals surface area contributed by atoms with Gasteiger partial charge in [-0.1, -0.05) is 23.5 Å². The SMILES string of the molecule is C/C(=N/NC(=O)c1sc(N)nc1C)c1ccc(F)cc1. The molecule has 1 amide bonds. The molecule has 0 fully saturated rings. The van der Waals surface area contributed by atoms with Crippen LogP contribution in [0.1, 0.15) is 27.9 Å². The number of nitrogens with one attached hydrogen (secondary N) is 1. The molecule has 2 rings (SSSR count). The molecule has 5 nitrogen and oxygen atoms in total. The Morgan fingerprint density at radius 3 is 2.60 bits per heavy atom. The van der Waals surface area contributed by atoms with Gasteiger partial charge in [0, 0.05) is 0 Å². The minimum atomic E-state index is -0.363. The molecule has 0 aliphatic carbocycles. The lowest BCUT2D eigenvalue weighted by Crippen LogP contribution is -2.19. The van der Waals surface area contributed by atoms with Crippen molar-refractivity contribution >= 4 is 28.1 Å². The summed E-state index contributed by atoms with van der Waals surface area (Å²) in [6.07, 6.45) is 0. The van der Waals surface area contributed by atoms with Gasteiger partial charge in [0.2, 0.25) is 0 Å². The number of hydrogen-bond acceptors (Lipinski definition) is 5. The van der Waals surface area contributed by atoms with Crippen molar-refractivity contribution in [1.29, 1.82) is 0 Å². The maximum Gasteiger partial charge on any atom is 0.283 e. The molecule has 20 heavy (non-hydrogen) atoms. The van der Waals surface area contributed by atoms with Gasteiger partial charge in [-0.25, -0.2) is 14.8 Å². The zero-order valence-electron chi connectivity index (χ0n) is 11.0. The first-order chi connectivity index (χ1) is 9.47. The average molecular weight is 292 g/mol. The van der Waals surface area contributed by atoms with Crippen molar-refractivity contribution in [2.45, 2.75) is 13.8 Å². The Balaban J connectivity index is 2.10. The summed E-state index contributed by atoms with van der Waals surface area (Å²) < 4.78 is 12.8. The quantitative estimate of drug-likeness (QED) is 0.673. The topological polar surface area (TPSA) is 80.4 Å². The number of carbonyl (C=O) groups excluding carboxylic acids is 1. The Morgan fingerprint density at radius 2 is 2.05 bits per heavy atom. The predicted molar refractivity (Wildman–Crippen MR) is 77.3 cm³/mol.